The molecule has 1 fully saturated rings. The molecule has 1 aliphatic carbocycles. The largest absolute Gasteiger partial charge is 0.302 e. The number of benzene rings is 1. The molecule has 0 N–H and O–H groups in total. The highest BCUT2D eigenvalue weighted by atomic mass is 16.1. The summed E-state index contributed by atoms with van der Waals surface area (Å²) in [5.41, 5.74) is 3.61. The summed E-state index contributed by atoms with van der Waals surface area (Å²) in [5, 5.41) is 0. The highest BCUT2D eigenvalue weighted by Crippen LogP contribution is 2.43. The lowest BCUT2D eigenvalue weighted by molar-refractivity contribution is -0.115. The van der Waals surface area contributed by atoms with Gasteiger partial charge in [0.25, 0.3) is 0 Å². The molecule has 1 saturated carbocycles. The van der Waals surface area contributed by atoms with Crippen molar-refractivity contribution >= 4 is 6.29 Å². The van der Waals surface area contributed by atoms with Crippen molar-refractivity contribution in [3.05, 3.63) is 34.9 Å². The number of rotatable bonds is 2. The van der Waals surface area contributed by atoms with Crippen LogP contribution in [0.25, 0.3) is 0 Å². The minimum absolute atomic E-state index is 0.143. The van der Waals surface area contributed by atoms with Gasteiger partial charge in [-0.05, 0) is 37.8 Å². The molecule has 0 radical (unpaired) electrons. The van der Waals surface area contributed by atoms with Crippen molar-refractivity contribution < 1.29 is 4.79 Å². The van der Waals surface area contributed by atoms with Crippen molar-refractivity contribution in [2.24, 2.45) is 0 Å². The maximum absolute atomic E-state index is 11.2. The first-order valence-corrected chi connectivity index (χ1v) is 5.22. The SMILES string of the molecule is Cc1ccc(C)c(C2(C=O)CCC2)c1. The lowest BCUT2D eigenvalue weighted by Crippen LogP contribution is -2.36. The average molecular weight is 188 g/mol. The third-order valence-corrected chi connectivity index (χ3v) is 3.40. The summed E-state index contributed by atoms with van der Waals surface area (Å²) in [6, 6.07) is 6.40. The molecule has 0 heterocycles. The van der Waals surface area contributed by atoms with Gasteiger partial charge in [0, 0.05) is 0 Å². The molecule has 0 atom stereocenters. The molecule has 0 aromatic heterocycles. The quantitative estimate of drug-likeness (QED) is 0.652. The summed E-state index contributed by atoms with van der Waals surface area (Å²) in [7, 11) is 0. The van der Waals surface area contributed by atoms with E-state index in [0.29, 0.717) is 0 Å². The van der Waals surface area contributed by atoms with Crippen LogP contribution in [-0.4, -0.2) is 6.29 Å². The number of hydrogen-bond acceptors (Lipinski definition) is 1. The Balaban J connectivity index is 2.48. The van der Waals surface area contributed by atoms with Crippen LogP contribution in [0.1, 0.15) is 36.0 Å². The lowest BCUT2D eigenvalue weighted by Gasteiger charge is -2.38. The fraction of sp³-hybridized carbons (Fsp3) is 0.462. The van der Waals surface area contributed by atoms with Crippen LogP contribution in [0, 0.1) is 13.8 Å². The van der Waals surface area contributed by atoms with E-state index in [1.165, 1.54) is 23.1 Å². The summed E-state index contributed by atoms with van der Waals surface area (Å²) in [6.45, 7) is 4.18. The molecule has 0 unspecified atom stereocenters. The van der Waals surface area contributed by atoms with E-state index in [-0.39, 0.29) is 5.41 Å². The van der Waals surface area contributed by atoms with Crippen LogP contribution in [0.4, 0.5) is 0 Å². The fourth-order valence-corrected chi connectivity index (χ4v) is 2.28. The van der Waals surface area contributed by atoms with Gasteiger partial charge in [-0.2, -0.15) is 0 Å². The lowest BCUT2D eigenvalue weighted by atomic mass is 9.64. The molecule has 74 valence electrons. The Kier molecular flexibility index (Phi) is 2.18. The molecule has 1 heteroatoms. The molecule has 0 saturated heterocycles. The van der Waals surface area contributed by atoms with Gasteiger partial charge in [-0.1, -0.05) is 30.2 Å². The van der Waals surface area contributed by atoms with Crippen LogP contribution in [-0.2, 0) is 10.2 Å². The molecule has 1 aliphatic rings. The third kappa shape index (κ3) is 1.28. The summed E-state index contributed by atoms with van der Waals surface area (Å²) in [4.78, 5) is 11.2. The zero-order valence-corrected chi connectivity index (χ0v) is 8.84. The molecule has 0 aliphatic heterocycles. The molecule has 0 bridgehead atoms. The zero-order chi connectivity index (χ0) is 10.2. The predicted molar refractivity (Wildman–Crippen MR) is 57.5 cm³/mol. The molecular formula is C13H16O. The Morgan fingerprint density at radius 1 is 1.29 bits per heavy atom. The van der Waals surface area contributed by atoms with Crippen molar-refractivity contribution in [1.29, 1.82) is 0 Å². The molecule has 0 spiro atoms. The summed E-state index contributed by atoms with van der Waals surface area (Å²) in [5.74, 6) is 0. The van der Waals surface area contributed by atoms with Crippen LogP contribution in [0.15, 0.2) is 18.2 Å². The van der Waals surface area contributed by atoms with Gasteiger partial charge in [0.05, 0.1) is 5.41 Å². The third-order valence-electron chi connectivity index (χ3n) is 3.40. The van der Waals surface area contributed by atoms with Gasteiger partial charge in [0.2, 0.25) is 0 Å². The standard InChI is InChI=1S/C13H16O/c1-10-4-5-11(2)12(8-10)13(9-14)6-3-7-13/h4-5,8-9H,3,6-7H2,1-2H3. The molecule has 1 aromatic carbocycles. The first kappa shape index (κ1) is 9.45. The highest BCUT2D eigenvalue weighted by molar-refractivity contribution is 5.71. The van der Waals surface area contributed by atoms with Crippen LogP contribution in [0.3, 0.4) is 0 Å². The second-order valence-electron chi connectivity index (χ2n) is 4.45. The number of carbonyl (C=O) groups is 1. The second kappa shape index (κ2) is 3.23. The smallest absolute Gasteiger partial charge is 0.130 e. The van der Waals surface area contributed by atoms with Crippen molar-refractivity contribution in [1.82, 2.24) is 0 Å². The van der Waals surface area contributed by atoms with Gasteiger partial charge in [-0.3, -0.25) is 0 Å². The van der Waals surface area contributed by atoms with E-state index in [2.05, 4.69) is 32.0 Å². The summed E-state index contributed by atoms with van der Waals surface area (Å²) < 4.78 is 0. The topological polar surface area (TPSA) is 17.1 Å². The Morgan fingerprint density at radius 3 is 2.50 bits per heavy atom. The number of aryl methyl sites for hydroxylation is 2. The predicted octanol–water partition coefficient (Wildman–Crippen LogP) is 2.92. The van der Waals surface area contributed by atoms with E-state index >= 15 is 0 Å². The zero-order valence-electron chi connectivity index (χ0n) is 8.84. The highest BCUT2D eigenvalue weighted by Gasteiger charge is 2.39. The Bertz CT molecular complexity index is 361. The van der Waals surface area contributed by atoms with Gasteiger partial charge >= 0.3 is 0 Å². The van der Waals surface area contributed by atoms with E-state index in [1.807, 2.05) is 0 Å². The first-order chi connectivity index (χ1) is 6.68. The van der Waals surface area contributed by atoms with Gasteiger partial charge in [0.1, 0.15) is 6.29 Å². The van der Waals surface area contributed by atoms with Crippen LogP contribution in [0.2, 0.25) is 0 Å². The van der Waals surface area contributed by atoms with Gasteiger partial charge in [0.15, 0.2) is 0 Å². The van der Waals surface area contributed by atoms with Crippen molar-refractivity contribution in [2.75, 3.05) is 0 Å². The molecular weight excluding hydrogens is 172 g/mol. The molecule has 1 aromatic rings. The minimum atomic E-state index is -0.143. The average Bonchev–Trinajstić information content (AvgIpc) is 2.10. The molecule has 2 rings (SSSR count). The number of aldehydes is 1. The molecule has 0 amide bonds. The van der Waals surface area contributed by atoms with E-state index in [0.717, 1.165) is 19.1 Å². The maximum Gasteiger partial charge on any atom is 0.130 e. The van der Waals surface area contributed by atoms with Crippen molar-refractivity contribution in [2.45, 2.75) is 38.5 Å². The maximum atomic E-state index is 11.2. The number of carbonyl (C=O) groups excluding carboxylic acids is 1. The molecule has 1 nitrogen and oxygen atoms in total. The fourth-order valence-electron chi connectivity index (χ4n) is 2.28. The number of hydrogen-bond donors (Lipinski definition) is 0. The molecule has 14 heavy (non-hydrogen) atoms. The van der Waals surface area contributed by atoms with Crippen LogP contribution in [0.5, 0.6) is 0 Å². The van der Waals surface area contributed by atoms with Gasteiger partial charge in [-0.15, -0.1) is 0 Å². The normalized spacial score (nSPS) is 18.7. The minimum Gasteiger partial charge on any atom is -0.302 e. The Hall–Kier alpha value is -1.11. The Morgan fingerprint density at radius 2 is 2.00 bits per heavy atom. The van der Waals surface area contributed by atoms with Crippen molar-refractivity contribution in [3.63, 3.8) is 0 Å². The van der Waals surface area contributed by atoms with Crippen LogP contribution >= 0.6 is 0 Å². The van der Waals surface area contributed by atoms with E-state index in [9.17, 15) is 4.79 Å². The monoisotopic (exact) mass is 188 g/mol. The van der Waals surface area contributed by atoms with E-state index in [1.54, 1.807) is 0 Å². The summed E-state index contributed by atoms with van der Waals surface area (Å²) >= 11 is 0. The van der Waals surface area contributed by atoms with Crippen LogP contribution < -0.4 is 0 Å². The Labute approximate surface area is 85.1 Å². The first-order valence-electron chi connectivity index (χ1n) is 5.22. The van der Waals surface area contributed by atoms with Crippen molar-refractivity contribution in [3.8, 4) is 0 Å². The van der Waals surface area contributed by atoms with E-state index < -0.39 is 0 Å². The van der Waals surface area contributed by atoms with E-state index in [4.69, 9.17) is 0 Å². The second-order valence-corrected chi connectivity index (χ2v) is 4.45. The van der Waals surface area contributed by atoms with Gasteiger partial charge < -0.3 is 4.79 Å². The van der Waals surface area contributed by atoms with Gasteiger partial charge in [-0.25, -0.2) is 0 Å². The summed E-state index contributed by atoms with van der Waals surface area (Å²) in [6.07, 6.45) is 4.39.